The van der Waals surface area contributed by atoms with Crippen LogP contribution in [0.1, 0.15) is 20.3 Å². The van der Waals surface area contributed by atoms with Crippen molar-refractivity contribution in [3.8, 4) is 0 Å². The van der Waals surface area contributed by atoms with Crippen molar-refractivity contribution in [2.45, 2.75) is 26.3 Å². The lowest BCUT2D eigenvalue weighted by molar-refractivity contribution is -0.121. The maximum Gasteiger partial charge on any atom is 0.155 e. The van der Waals surface area contributed by atoms with Crippen molar-refractivity contribution in [1.82, 2.24) is 0 Å². The number of rotatable bonds is 5. The van der Waals surface area contributed by atoms with E-state index in [4.69, 9.17) is 10.5 Å². The van der Waals surface area contributed by atoms with Crippen molar-refractivity contribution in [3.63, 3.8) is 0 Å². The van der Waals surface area contributed by atoms with E-state index >= 15 is 0 Å². The van der Waals surface area contributed by atoms with Gasteiger partial charge in [-0.15, -0.1) is 0 Å². The fraction of sp³-hybridized carbons (Fsp3) is 0.857. The summed E-state index contributed by atoms with van der Waals surface area (Å²) in [4.78, 5) is 10.3. The predicted molar refractivity (Wildman–Crippen MR) is 39.8 cm³/mol. The number of ketones is 1. The average Bonchev–Trinajstić information content (AvgIpc) is 1.87. The van der Waals surface area contributed by atoms with Crippen LogP contribution in [0.2, 0.25) is 0 Å². The van der Waals surface area contributed by atoms with Crippen molar-refractivity contribution < 1.29 is 9.53 Å². The summed E-state index contributed by atoms with van der Waals surface area (Å²) in [5.41, 5.74) is 5.52. The van der Waals surface area contributed by atoms with Crippen LogP contribution in [-0.2, 0) is 9.53 Å². The minimum absolute atomic E-state index is 0.0447. The maximum atomic E-state index is 10.3. The second-order valence-corrected chi connectivity index (χ2v) is 2.39. The van der Waals surface area contributed by atoms with Crippen molar-refractivity contribution in [3.05, 3.63) is 0 Å². The van der Waals surface area contributed by atoms with E-state index in [1.54, 1.807) is 0 Å². The zero-order chi connectivity index (χ0) is 7.98. The Labute approximate surface area is 61.5 Å². The van der Waals surface area contributed by atoms with Crippen LogP contribution in [0.25, 0.3) is 0 Å². The molecule has 0 aliphatic rings. The Morgan fingerprint density at radius 1 is 1.70 bits per heavy atom. The van der Waals surface area contributed by atoms with Crippen LogP contribution in [0, 0.1) is 0 Å². The fourth-order valence-corrected chi connectivity index (χ4v) is 0.472. The molecule has 1 unspecified atom stereocenters. The number of ether oxygens (including phenoxy) is 1. The fourth-order valence-electron chi connectivity index (χ4n) is 0.472. The van der Waals surface area contributed by atoms with Crippen LogP contribution >= 0.6 is 0 Å². The molecule has 0 aromatic heterocycles. The molecular weight excluding hydrogens is 130 g/mol. The molecule has 3 nitrogen and oxygen atoms in total. The minimum atomic E-state index is 0.0447. The van der Waals surface area contributed by atoms with E-state index in [9.17, 15) is 4.79 Å². The average molecular weight is 145 g/mol. The van der Waals surface area contributed by atoms with Crippen LogP contribution in [0.3, 0.4) is 0 Å². The lowest BCUT2D eigenvalue weighted by Gasteiger charge is -2.07. The Morgan fingerprint density at radius 2 is 2.30 bits per heavy atom. The van der Waals surface area contributed by atoms with E-state index in [2.05, 4.69) is 0 Å². The molecule has 0 aromatic rings. The topological polar surface area (TPSA) is 52.3 Å². The van der Waals surface area contributed by atoms with E-state index < -0.39 is 0 Å². The van der Waals surface area contributed by atoms with Gasteiger partial charge < -0.3 is 10.5 Å². The Balaban J connectivity index is 3.11. The third-order valence-corrected chi connectivity index (χ3v) is 1.16. The molecule has 0 amide bonds. The first-order valence-corrected chi connectivity index (χ1v) is 3.49. The van der Waals surface area contributed by atoms with E-state index in [0.29, 0.717) is 6.61 Å². The minimum Gasteiger partial charge on any atom is -0.372 e. The van der Waals surface area contributed by atoms with Gasteiger partial charge in [-0.1, -0.05) is 6.92 Å². The molecule has 0 heterocycles. The van der Waals surface area contributed by atoms with E-state index in [-0.39, 0.29) is 18.4 Å². The number of hydrogen-bond acceptors (Lipinski definition) is 3. The number of carbonyl (C=O) groups is 1. The first kappa shape index (κ1) is 9.59. The summed E-state index contributed by atoms with van der Waals surface area (Å²) in [6.07, 6.45) is 0.887. The first-order chi connectivity index (χ1) is 4.66. The maximum absolute atomic E-state index is 10.3. The van der Waals surface area contributed by atoms with E-state index in [1.807, 2.05) is 6.92 Å². The van der Waals surface area contributed by atoms with Gasteiger partial charge in [0.15, 0.2) is 5.78 Å². The smallest absolute Gasteiger partial charge is 0.155 e. The van der Waals surface area contributed by atoms with Gasteiger partial charge in [-0.2, -0.15) is 0 Å². The molecular formula is C7H15NO2. The van der Waals surface area contributed by atoms with E-state index in [0.717, 1.165) is 6.42 Å². The molecule has 0 bridgehead atoms. The van der Waals surface area contributed by atoms with Crippen LogP contribution in [0.15, 0.2) is 0 Å². The summed E-state index contributed by atoms with van der Waals surface area (Å²) < 4.78 is 4.97. The molecule has 2 N–H and O–H groups in total. The van der Waals surface area contributed by atoms with Gasteiger partial charge in [0, 0.05) is 6.04 Å². The molecule has 10 heavy (non-hydrogen) atoms. The molecule has 1 atom stereocenters. The molecule has 0 radical (unpaired) electrons. The van der Waals surface area contributed by atoms with Gasteiger partial charge in [0.25, 0.3) is 0 Å². The summed E-state index contributed by atoms with van der Waals surface area (Å²) in [6.45, 7) is 4.16. The summed E-state index contributed by atoms with van der Waals surface area (Å²) >= 11 is 0. The molecule has 0 rings (SSSR count). The SMILES string of the molecule is CCC(N)COCC(C)=O. The third kappa shape index (κ3) is 5.72. The summed E-state index contributed by atoms with van der Waals surface area (Å²) in [6, 6.07) is 0.0688. The number of carbonyl (C=O) groups excluding carboxylic acids is 1. The summed E-state index contributed by atoms with van der Waals surface area (Å²) in [5.74, 6) is 0.0447. The highest BCUT2D eigenvalue weighted by atomic mass is 16.5. The Bertz CT molecular complexity index is 104. The lowest BCUT2D eigenvalue weighted by atomic mass is 10.3. The molecule has 0 aromatic carbocycles. The molecule has 3 heteroatoms. The van der Waals surface area contributed by atoms with Gasteiger partial charge in [0.1, 0.15) is 6.61 Å². The van der Waals surface area contributed by atoms with Gasteiger partial charge in [-0.25, -0.2) is 0 Å². The third-order valence-electron chi connectivity index (χ3n) is 1.16. The normalized spacial score (nSPS) is 13.1. The Morgan fingerprint density at radius 3 is 2.70 bits per heavy atom. The summed E-state index contributed by atoms with van der Waals surface area (Å²) in [7, 11) is 0. The van der Waals surface area contributed by atoms with Gasteiger partial charge in [-0.05, 0) is 13.3 Å². The molecule has 0 aliphatic carbocycles. The van der Waals surface area contributed by atoms with E-state index in [1.165, 1.54) is 6.92 Å². The van der Waals surface area contributed by atoms with Crippen LogP contribution < -0.4 is 5.73 Å². The Kier molecular flexibility index (Phi) is 5.16. The first-order valence-electron chi connectivity index (χ1n) is 3.49. The van der Waals surface area contributed by atoms with Gasteiger partial charge in [0.05, 0.1) is 6.61 Å². The van der Waals surface area contributed by atoms with Crippen molar-refractivity contribution >= 4 is 5.78 Å². The van der Waals surface area contributed by atoms with Gasteiger partial charge in [0.2, 0.25) is 0 Å². The molecule has 0 saturated heterocycles. The predicted octanol–water partition coefficient (Wildman–Crippen LogP) is 0.329. The highest BCUT2D eigenvalue weighted by Gasteiger charge is 1.98. The molecule has 60 valence electrons. The molecule has 0 fully saturated rings. The number of nitrogens with two attached hydrogens (primary N) is 1. The van der Waals surface area contributed by atoms with Crippen molar-refractivity contribution in [2.24, 2.45) is 5.73 Å². The zero-order valence-corrected chi connectivity index (χ0v) is 6.59. The number of hydrogen-bond donors (Lipinski definition) is 1. The van der Waals surface area contributed by atoms with Crippen LogP contribution in [0.5, 0.6) is 0 Å². The highest BCUT2D eigenvalue weighted by molar-refractivity contribution is 5.76. The second-order valence-electron chi connectivity index (χ2n) is 2.39. The van der Waals surface area contributed by atoms with Crippen molar-refractivity contribution in [2.75, 3.05) is 13.2 Å². The lowest BCUT2D eigenvalue weighted by Crippen LogP contribution is -2.26. The quantitative estimate of drug-likeness (QED) is 0.606. The largest absolute Gasteiger partial charge is 0.372 e. The Hall–Kier alpha value is -0.410. The molecule has 0 saturated carbocycles. The second kappa shape index (κ2) is 5.38. The van der Waals surface area contributed by atoms with Crippen LogP contribution in [0.4, 0.5) is 0 Å². The molecule has 0 aliphatic heterocycles. The standard InChI is InChI=1S/C7H15NO2/c1-3-7(8)5-10-4-6(2)9/h7H,3-5,8H2,1-2H3. The van der Waals surface area contributed by atoms with Crippen molar-refractivity contribution in [1.29, 1.82) is 0 Å². The van der Waals surface area contributed by atoms with Crippen LogP contribution in [-0.4, -0.2) is 25.0 Å². The summed E-state index contributed by atoms with van der Waals surface area (Å²) in [5, 5.41) is 0. The number of Topliss-reactive ketones (excluding diaryl/α,β-unsaturated/α-hetero) is 1. The van der Waals surface area contributed by atoms with Gasteiger partial charge >= 0.3 is 0 Å². The monoisotopic (exact) mass is 145 g/mol. The van der Waals surface area contributed by atoms with Gasteiger partial charge in [-0.3, -0.25) is 4.79 Å². The molecule has 0 spiro atoms. The zero-order valence-electron chi connectivity index (χ0n) is 6.59. The highest BCUT2D eigenvalue weighted by Crippen LogP contribution is 1.86.